The normalized spacial score (nSPS) is 17.8. The lowest BCUT2D eigenvalue weighted by molar-refractivity contribution is -0.125. The van der Waals surface area contributed by atoms with Crippen molar-refractivity contribution >= 4 is 29.8 Å². The minimum atomic E-state index is -5.42. The second-order valence-corrected chi connectivity index (χ2v) is 7.15. The van der Waals surface area contributed by atoms with Gasteiger partial charge in [-0.25, -0.2) is 13.7 Å². The Kier molecular flexibility index (Phi) is 8.16. The monoisotopic (exact) mass is 390 g/mol. The van der Waals surface area contributed by atoms with Gasteiger partial charge in [0.05, 0.1) is 6.61 Å². The first-order chi connectivity index (χ1) is 9.68. The molecule has 3 atom stereocenters. The lowest BCUT2D eigenvalue weighted by Crippen LogP contribution is -2.44. The molecule has 0 amide bonds. The summed E-state index contributed by atoms with van der Waals surface area (Å²) in [6.07, 6.45) is -7.48. The van der Waals surface area contributed by atoms with Gasteiger partial charge in [-0.15, -0.1) is 0 Å². The molecule has 0 aromatic rings. The zero-order valence-electron chi connectivity index (χ0n) is 10.3. The van der Waals surface area contributed by atoms with Gasteiger partial charge in [0.25, 0.3) is 0 Å². The zero-order valence-corrected chi connectivity index (χ0v) is 13.0. The maximum Gasteiger partial charge on any atom is 0.470 e. The molecule has 0 rings (SSSR count). The van der Waals surface area contributed by atoms with Crippen molar-refractivity contribution in [2.75, 3.05) is 6.61 Å². The minimum Gasteiger partial charge on any atom is -0.394 e. The van der Waals surface area contributed by atoms with E-state index >= 15 is 0 Å². The number of phosphoric ester groups is 3. The first-order valence-corrected chi connectivity index (χ1v) is 9.55. The predicted molar refractivity (Wildman–Crippen MR) is 63.9 cm³/mol. The van der Waals surface area contributed by atoms with Crippen LogP contribution in [0.25, 0.3) is 0 Å². The Hall–Kier alpha value is -0.0400. The van der Waals surface area contributed by atoms with E-state index < -0.39 is 48.4 Å². The van der Waals surface area contributed by atoms with Gasteiger partial charge >= 0.3 is 23.5 Å². The maximum atomic E-state index is 10.8. The molecule has 0 aliphatic carbocycles. The van der Waals surface area contributed by atoms with Crippen LogP contribution in [0, 0.1) is 0 Å². The third-order valence-electron chi connectivity index (χ3n) is 1.80. The van der Waals surface area contributed by atoms with Gasteiger partial charge < -0.3 is 39.3 Å². The molecule has 17 heteroatoms. The van der Waals surface area contributed by atoms with E-state index in [9.17, 15) is 18.5 Å². The summed E-state index contributed by atoms with van der Waals surface area (Å²) in [5, 5.41) is 8.93. The van der Waals surface area contributed by atoms with Crippen molar-refractivity contribution in [1.82, 2.24) is 0 Å². The quantitative estimate of drug-likeness (QED) is 0.152. The van der Waals surface area contributed by atoms with E-state index in [1.807, 2.05) is 0 Å². The average Bonchev–Trinajstić information content (AvgIpc) is 2.27. The molecule has 0 heterocycles. The van der Waals surface area contributed by atoms with E-state index in [4.69, 9.17) is 34.5 Å². The number of carbonyl (C=O) groups excluding carboxylic acids is 1. The molecule has 22 heavy (non-hydrogen) atoms. The van der Waals surface area contributed by atoms with Crippen LogP contribution < -0.4 is 0 Å². The highest BCUT2D eigenvalue weighted by atomic mass is 31.2. The van der Waals surface area contributed by atoms with E-state index in [2.05, 4.69) is 13.6 Å². The van der Waals surface area contributed by atoms with Crippen LogP contribution in [-0.2, 0) is 32.1 Å². The van der Waals surface area contributed by atoms with Gasteiger partial charge in [0, 0.05) is 0 Å². The highest BCUT2D eigenvalue weighted by molar-refractivity contribution is 7.47. The molecule has 0 aliphatic heterocycles. The maximum absolute atomic E-state index is 10.8. The minimum absolute atomic E-state index is 0.370. The van der Waals surface area contributed by atoms with Gasteiger partial charge in [-0.05, 0) is 0 Å². The fourth-order valence-corrected chi connectivity index (χ4v) is 2.79. The van der Waals surface area contributed by atoms with Gasteiger partial charge in [0.15, 0.2) is 12.4 Å². The standard InChI is InChI=1S/C5H13O14P3/c6-1-3(17-20(8,9)10)5(19-22(14,15)16)4(2-7)18-21(11,12)13/h1,3-5,7H,2H2,(H2,8,9,10)(H2,11,12,13)(H2,14,15,16)/t3-,4-,5+/m1/s1. The molecule has 132 valence electrons. The number of phosphoric acid groups is 3. The second-order valence-electron chi connectivity index (χ2n) is 3.57. The van der Waals surface area contributed by atoms with Crippen LogP contribution >= 0.6 is 23.5 Å². The van der Waals surface area contributed by atoms with Crippen LogP contribution in [0.4, 0.5) is 0 Å². The highest BCUT2D eigenvalue weighted by Crippen LogP contribution is 2.46. The Morgan fingerprint density at radius 3 is 1.50 bits per heavy atom. The molecule has 0 unspecified atom stereocenters. The molecule has 0 radical (unpaired) electrons. The number of hydrogen-bond donors (Lipinski definition) is 7. The molecule has 0 fully saturated rings. The third kappa shape index (κ3) is 9.87. The smallest absolute Gasteiger partial charge is 0.394 e. The van der Waals surface area contributed by atoms with E-state index in [0.29, 0.717) is 0 Å². The summed E-state index contributed by atoms with van der Waals surface area (Å²) in [6.45, 7) is -1.34. The van der Waals surface area contributed by atoms with Crippen molar-refractivity contribution in [2.24, 2.45) is 0 Å². The van der Waals surface area contributed by atoms with Gasteiger partial charge in [0.1, 0.15) is 12.2 Å². The summed E-state index contributed by atoms with van der Waals surface area (Å²) in [5.41, 5.74) is 0. The third-order valence-corrected chi connectivity index (χ3v) is 3.38. The van der Waals surface area contributed by atoms with Crippen molar-refractivity contribution < 1.29 is 66.5 Å². The Labute approximate surface area is 122 Å². The molecule has 14 nitrogen and oxygen atoms in total. The SMILES string of the molecule is O=C[C@@H](OP(=O)(O)O)[C@H](OP(=O)(O)O)[C@@H](CO)OP(=O)(O)O. The van der Waals surface area contributed by atoms with Crippen LogP contribution in [0.15, 0.2) is 0 Å². The summed E-state index contributed by atoms with van der Waals surface area (Å²) in [7, 11) is -16.1. The molecule has 7 N–H and O–H groups in total. The Balaban J connectivity index is 5.57. The molecular weight excluding hydrogens is 377 g/mol. The van der Waals surface area contributed by atoms with Gasteiger partial charge in [-0.1, -0.05) is 0 Å². The molecule has 0 spiro atoms. The van der Waals surface area contributed by atoms with Gasteiger partial charge in [-0.3, -0.25) is 13.6 Å². The Morgan fingerprint density at radius 2 is 1.23 bits per heavy atom. The molecule has 0 aromatic heterocycles. The number of carbonyl (C=O) groups is 1. The number of aldehydes is 1. The van der Waals surface area contributed by atoms with E-state index in [1.54, 1.807) is 0 Å². The van der Waals surface area contributed by atoms with Crippen LogP contribution in [0.2, 0.25) is 0 Å². The lowest BCUT2D eigenvalue weighted by atomic mass is 10.1. The number of rotatable bonds is 10. The van der Waals surface area contributed by atoms with Crippen LogP contribution in [0.1, 0.15) is 0 Å². The zero-order chi connectivity index (χ0) is 17.8. The summed E-state index contributed by atoms with van der Waals surface area (Å²) in [5.74, 6) is 0. The first-order valence-electron chi connectivity index (χ1n) is 4.96. The van der Waals surface area contributed by atoms with Crippen molar-refractivity contribution in [3.05, 3.63) is 0 Å². The van der Waals surface area contributed by atoms with Crippen LogP contribution in [-0.4, -0.2) is 65.7 Å². The van der Waals surface area contributed by atoms with Crippen LogP contribution in [0.3, 0.4) is 0 Å². The summed E-state index contributed by atoms with van der Waals surface area (Å²) >= 11 is 0. The lowest BCUT2D eigenvalue weighted by Gasteiger charge is -2.29. The number of aliphatic hydroxyl groups is 1. The van der Waals surface area contributed by atoms with Gasteiger partial charge in [-0.2, -0.15) is 0 Å². The molecule has 0 aromatic carbocycles. The molecule has 0 bridgehead atoms. The summed E-state index contributed by atoms with van der Waals surface area (Å²) in [6, 6.07) is 0. The fraction of sp³-hybridized carbons (Fsp3) is 0.800. The van der Waals surface area contributed by atoms with E-state index in [1.165, 1.54) is 0 Å². The second kappa shape index (κ2) is 8.18. The molecule has 0 saturated carbocycles. The Bertz CT molecular complexity index is 499. The first kappa shape index (κ1) is 22.0. The summed E-state index contributed by atoms with van der Waals surface area (Å²) < 4.78 is 44.0. The van der Waals surface area contributed by atoms with Crippen molar-refractivity contribution in [1.29, 1.82) is 0 Å². The molecular formula is C5H13O14P3. The highest BCUT2D eigenvalue weighted by Gasteiger charge is 2.42. The van der Waals surface area contributed by atoms with Crippen LogP contribution in [0.5, 0.6) is 0 Å². The number of aliphatic hydroxyl groups excluding tert-OH is 1. The largest absolute Gasteiger partial charge is 0.470 e. The topological polar surface area (TPSA) is 238 Å². The van der Waals surface area contributed by atoms with Crippen molar-refractivity contribution in [3.8, 4) is 0 Å². The summed E-state index contributed by atoms with van der Waals surface area (Å²) in [4.78, 5) is 62.4. The predicted octanol–water partition coefficient (Wildman–Crippen LogP) is -2.39. The molecule has 0 aliphatic rings. The van der Waals surface area contributed by atoms with E-state index in [-0.39, 0.29) is 6.29 Å². The van der Waals surface area contributed by atoms with Gasteiger partial charge in [0.2, 0.25) is 0 Å². The number of hydrogen-bond acceptors (Lipinski definition) is 8. The van der Waals surface area contributed by atoms with E-state index in [0.717, 1.165) is 0 Å². The van der Waals surface area contributed by atoms with Crippen molar-refractivity contribution in [3.63, 3.8) is 0 Å². The molecule has 0 saturated heterocycles. The van der Waals surface area contributed by atoms with Crippen molar-refractivity contribution in [2.45, 2.75) is 18.3 Å². The fourth-order valence-electron chi connectivity index (χ4n) is 1.19. The average molecular weight is 390 g/mol. The Morgan fingerprint density at radius 1 is 0.818 bits per heavy atom.